The monoisotopic (exact) mass is 596 g/mol. The van der Waals surface area contributed by atoms with Gasteiger partial charge in [-0.05, 0) is 105 Å². The molecule has 7 rings (SSSR count). The number of halogens is 2. The van der Waals surface area contributed by atoms with E-state index in [9.17, 15) is 19.6 Å². The second kappa shape index (κ2) is 10.5. The average molecular weight is 597 g/mol. The molecule has 2 aliphatic heterocycles. The number of carbonyl (C=O) groups is 1. The first-order valence-corrected chi connectivity index (χ1v) is 15.2. The lowest BCUT2D eigenvalue weighted by Crippen LogP contribution is -2.50. The fraction of sp³-hybridized carbons (Fsp3) is 0.412. The van der Waals surface area contributed by atoms with Crippen LogP contribution in [0, 0.1) is 23.0 Å². The van der Waals surface area contributed by atoms with Crippen molar-refractivity contribution in [1.82, 2.24) is 19.9 Å². The number of benzene rings is 3. The molecule has 3 fully saturated rings. The molecule has 3 N–H and O–H groups in total. The zero-order valence-corrected chi connectivity index (χ0v) is 24.7. The Balaban J connectivity index is 1.39. The van der Waals surface area contributed by atoms with Crippen molar-refractivity contribution in [3.8, 4) is 28.3 Å². The van der Waals surface area contributed by atoms with Crippen molar-refractivity contribution < 1.29 is 18.7 Å². The van der Waals surface area contributed by atoms with E-state index in [-0.39, 0.29) is 47.6 Å². The molecule has 3 aromatic carbocycles. The van der Waals surface area contributed by atoms with E-state index >= 15 is 4.39 Å². The highest BCUT2D eigenvalue weighted by Gasteiger charge is 2.42. The van der Waals surface area contributed by atoms with Crippen LogP contribution in [0.2, 0.25) is 0 Å². The molecule has 1 amide bonds. The molecule has 0 spiro atoms. The Labute approximate surface area is 254 Å². The molecule has 0 radical (unpaired) electrons. The molecule has 226 valence electrons. The number of hydrogen-bond acceptors (Lipinski definition) is 6. The van der Waals surface area contributed by atoms with Crippen LogP contribution in [0.3, 0.4) is 0 Å². The maximum atomic E-state index is 16.7. The summed E-state index contributed by atoms with van der Waals surface area (Å²) < 4.78 is 33.2. The van der Waals surface area contributed by atoms with Crippen LogP contribution in [0.15, 0.2) is 42.5 Å². The number of rotatable bonds is 6. The third-order valence-electron chi connectivity index (χ3n) is 9.25. The lowest BCUT2D eigenvalue weighted by atomic mass is 9.89. The highest BCUT2D eigenvalue weighted by molar-refractivity contribution is 5.99. The van der Waals surface area contributed by atoms with Crippen molar-refractivity contribution in [2.45, 2.75) is 88.6 Å². The molecule has 10 heteroatoms. The van der Waals surface area contributed by atoms with Gasteiger partial charge >= 0.3 is 0 Å². The van der Waals surface area contributed by atoms with Gasteiger partial charge in [0.1, 0.15) is 23.2 Å². The van der Waals surface area contributed by atoms with Gasteiger partial charge in [0, 0.05) is 34.8 Å². The SMILES string of the molecule is CC(C)(O)Cn1nnc2cc(-c3ccc(C(=O)N4[C@@H]5CC[C@H]4CC(N)C5)cc3-c3ccc(C#N)c(F)c3)c(F)c(C3CC3)c21. The fourth-order valence-corrected chi connectivity index (χ4v) is 7.19. The standard InChI is InChI=1S/C34H34F2N6O2/c1-34(2,44)17-41-32-29(39-40-41)15-27(31(36)30(32)18-3-4-18)25-10-7-20(11-26(25)19-5-6-21(16-37)28(35)12-19)33(43)42-23-8-9-24(42)14-22(38)13-23/h5-7,10-12,15,18,22-24,44H,3-4,8-9,13-14,17,38H2,1-2H3/t22?,23-,24+. The first kappa shape index (κ1) is 28.6. The first-order chi connectivity index (χ1) is 21.0. The van der Waals surface area contributed by atoms with Gasteiger partial charge in [0.2, 0.25) is 0 Å². The minimum Gasteiger partial charge on any atom is -0.389 e. The number of aromatic nitrogens is 3. The van der Waals surface area contributed by atoms with Crippen LogP contribution in [0.5, 0.6) is 0 Å². The molecular formula is C34H34F2N6O2. The number of nitrogens with two attached hydrogens (primary N) is 1. The molecule has 44 heavy (non-hydrogen) atoms. The van der Waals surface area contributed by atoms with Gasteiger partial charge in [-0.1, -0.05) is 17.3 Å². The molecule has 3 heterocycles. The maximum Gasteiger partial charge on any atom is 0.254 e. The summed E-state index contributed by atoms with van der Waals surface area (Å²) in [4.78, 5) is 15.9. The predicted molar refractivity (Wildman–Crippen MR) is 161 cm³/mol. The highest BCUT2D eigenvalue weighted by atomic mass is 19.1. The smallest absolute Gasteiger partial charge is 0.254 e. The molecule has 1 aromatic heterocycles. The fourth-order valence-electron chi connectivity index (χ4n) is 7.19. The summed E-state index contributed by atoms with van der Waals surface area (Å²) >= 11 is 0. The Morgan fingerprint density at radius 3 is 2.41 bits per heavy atom. The molecule has 3 aliphatic rings. The molecule has 2 bridgehead atoms. The number of aliphatic hydroxyl groups is 1. The number of nitriles is 1. The van der Waals surface area contributed by atoms with Crippen LogP contribution in [-0.4, -0.2) is 54.6 Å². The van der Waals surface area contributed by atoms with Crippen molar-refractivity contribution >= 4 is 16.9 Å². The van der Waals surface area contributed by atoms with Gasteiger partial charge in [-0.15, -0.1) is 5.10 Å². The summed E-state index contributed by atoms with van der Waals surface area (Å²) in [5.74, 6) is -1.23. The number of fused-ring (bicyclic) bond motifs is 3. The van der Waals surface area contributed by atoms with Crippen LogP contribution in [0.1, 0.15) is 79.8 Å². The van der Waals surface area contributed by atoms with Gasteiger partial charge in [-0.3, -0.25) is 4.79 Å². The van der Waals surface area contributed by atoms with E-state index in [4.69, 9.17) is 5.73 Å². The second-order valence-electron chi connectivity index (χ2n) is 13.2. The van der Waals surface area contributed by atoms with Gasteiger partial charge < -0.3 is 15.7 Å². The van der Waals surface area contributed by atoms with Gasteiger partial charge in [0.25, 0.3) is 5.91 Å². The Morgan fingerprint density at radius 1 is 1.05 bits per heavy atom. The van der Waals surface area contributed by atoms with Gasteiger partial charge in [0.05, 0.1) is 23.2 Å². The molecule has 2 saturated heterocycles. The molecule has 4 aromatic rings. The summed E-state index contributed by atoms with van der Waals surface area (Å²) in [6, 6.07) is 13.1. The number of amides is 1. The number of carbonyl (C=O) groups excluding carboxylic acids is 1. The van der Waals surface area contributed by atoms with Crippen molar-refractivity contribution in [3.05, 3.63) is 70.8 Å². The summed E-state index contributed by atoms with van der Waals surface area (Å²) in [6.45, 7) is 3.48. The van der Waals surface area contributed by atoms with E-state index in [1.165, 1.54) is 12.1 Å². The summed E-state index contributed by atoms with van der Waals surface area (Å²) in [5.41, 5.74) is 8.71. The van der Waals surface area contributed by atoms with Crippen LogP contribution in [-0.2, 0) is 6.54 Å². The second-order valence-corrected chi connectivity index (χ2v) is 13.2. The van der Waals surface area contributed by atoms with Crippen LogP contribution >= 0.6 is 0 Å². The number of nitrogens with zero attached hydrogens (tertiary/aromatic N) is 5. The van der Waals surface area contributed by atoms with Gasteiger partial charge in [-0.25, -0.2) is 13.5 Å². The minimum atomic E-state index is -1.08. The normalized spacial score (nSPS) is 21.6. The van der Waals surface area contributed by atoms with E-state index in [1.54, 1.807) is 48.9 Å². The van der Waals surface area contributed by atoms with Crippen LogP contribution in [0.25, 0.3) is 33.3 Å². The van der Waals surface area contributed by atoms with Crippen molar-refractivity contribution in [3.63, 3.8) is 0 Å². The van der Waals surface area contributed by atoms with E-state index in [1.807, 2.05) is 11.0 Å². The minimum absolute atomic E-state index is 0.00545. The van der Waals surface area contributed by atoms with Crippen molar-refractivity contribution in [2.24, 2.45) is 5.73 Å². The van der Waals surface area contributed by atoms with Gasteiger partial charge in [-0.2, -0.15) is 5.26 Å². The maximum absolute atomic E-state index is 16.7. The quantitative estimate of drug-likeness (QED) is 0.296. The topological polar surface area (TPSA) is 121 Å². The van der Waals surface area contributed by atoms with E-state index in [0.717, 1.165) is 38.5 Å². The Kier molecular flexibility index (Phi) is 6.79. The molecular weight excluding hydrogens is 562 g/mol. The molecule has 1 saturated carbocycles. The number of piperidine rings is 1. The molecule has 3 atom stereocenters. The van der Waals surface area contributed by atoms with Gasteiger partial charge in [0.15, 0.2) is 0 Å². The Hall–Kier alpha value is -4.20. The van der Waals surface area contributed by atoms with Crippen LogP contribution < -0.4 is 5.73 Å². The van der Waals surface area contributed by atoms with Crippen molar-refractivity contribution in [2.75, 3.05) is 0 Å². The lowest BCUT2D eigenvalue weighted by Gasteiger charge is -2.38. The largest absolute Gasteiger partial charge is 0.389 e. The van der Waals surface area contributed by atoms with Crippen molar-refractivity contribution in [1.29, 1.82) is 5.26 Å². The Morgan fingerprint density at radius 2 is 1.77 bits per heavy atom. The predicted octanol–water partition coefficient (Wildman–Crippen LogP) is 5.66. The third kappa shape index (κ3) is 4.94. The zero-order valence-electron chi connectivity index (χ0n) is 24.7. The first-order valence-electron chi connectivity index (χ1n) is 15.2. The molecule has 8 nitrogen and oxygen atoms in total. The Bertz CT molecular complexity index is 1840. The molecule has 1 unspecified atom stereocenters. The van der Waals surface area contributed by atoms with E-state index in [0.29, 0.717) is 38.9 Å². The highest BCUT2D eigenvalue weighted by Crippen LogP contribution is 2.48. The summed E-state index contributed by atoms with van der Waals surface area (Å²) in [7, 11) is 0. The zero-order chi connectivity index (χ0) is 30.9. The summed E-state index contributed by atoms with van der Waals surface area (Å²) in [5, 5.41) is 28.4. The number of hydrogen-bond donors (Lipinski definition) is 2. The lowest BCUT2D eigenvalue weighted by molar-refractivity contribution is 0.0571. The average Bonchev–Trinajstić information content (AvgIpc) is 3.69. The van der Waals surface area contributed by atoms with E-state index in [2.05, 4.69) is 10.3 Å². The molecule has 1 aliphatic carbocycles. The summed E-state index contributed by atoms with van der Waals surface area (Å²) in [6.07, 6.45) is 5.01. The third-order valence-corrected chi connectivity index (χ3v) is 9.25. The van der Waals surface area contributed by atoms with E-state index < -0.39 is 17.2 Å². The van der Waals surface area contributed by atoms with Crippen LogP contribution in [0.4, 0.5) is 8.78 Å².